The largest absolute Gasteiger partial charge is 0.384 e. The Morgan fingerprint density at radius 2 is 1.69 bits per heavy atom. The molecule has 0 radical (unpaired) electrons. The quantitative estimate of drug-likeness (QED) is 0.521. The van der Waals surface area contributed by atoms with Crippen LogP contribution in [-0.4, -0.2) is 24.5 Å². The summed E-state index contributed by atoms with van der Waals surface area (Å²) in [5.41, 5.74) is -1.55. The van der Waals surface area contributed by atoms with Crippen LogP contribution in [0.2, 0.25) is 0 Å². The highest BCUT2D eigenvalue weighted by molar-refractivity contribution is 5.72. The second kappa shape index (κ2) is 6.63. The summed E-state index contributed by atoms with van der Waals surface area (Å²) in [4.78, 5) is 11.6. The Hall–Kier alpha value is -3.33. The SMILES string of the molecule is CC(C)(O)c1ncn2c(-c3ccc(F)c(-c4ncc(F)cc4F)c3)cnc2c1F. The van der Waals surface area contributed by atoms with E-state index < -0.39 is 28.9 Å². The average Bonchev–Trinajstić information content (AvgIpc) is 3.07. The summed E-state index contributed by atoms with van der Waals surface area (Å²) >= 11 is 0. The highest BCUT2D eigenvalue weighted by Crippen LogP contribution is 2.31. The first-order chi connectivity index (χ1) is 13.7. The van der Waals surface area contributed by atoms with Crippen LogP contribution in [-0.2, 0) is 5.60 Å². The van der Waals surface area contributed by atoms with E-state index >= 15 is 0 Å². The van der Waals surface area contributed by atoms with Crippen LogP contribution in [0.15, 0.2) is 43.0 Å². The van der Waals surface area contributed by atoms with Gasteiger partial charge in [-0.1, -0.05) is 0 Å². The maximum atomic E-state index is 14.7. The fraction of sp³-hybridized carbons (Fsp3) is 0.150. The maximum Gasteiger partial charge on any atom is 0.190 e. The van der Waals surface area contributed by atoms with E-state index in [1.807, 2.05) is 0 Å². The van der Waals surface area contributed by atoms with Gasteiger partial charge in [-0.2, -0.15) is 0 Å². The first-order valence-electron chi connectivity index (χ1n) is 8.52. The van der Waals surface area contributed by atoms with Gasteiger partial charge < -0.3 is 5.11 Å². The summed E-state index contributed by atoms with van der Waals surface area (Å²) in [6.07, 6.45) is 3.42. The number of halogens is 4. The third-order valence-corrected chi connectivity index (χ3v) is 4.41. The van der Waals surface area contributed by atoms with Crippen molar-refractivity contribution in [2.24, 2.45) is 0 Å². The molecule has 4 rings (SSSR count). The van der Waals surface area contributed by atoms with Crippen LogP contribution >= 0.6 is 0 Å². The van der Waals surface area contributed by atoms with Gasteiger partial charge in [0.25, 0.3) is 0 Å². The van der Waals surface area contributed by atoms with Crippen LogP contribution in [0.3, 0.4) is 0 Å². The second-order valence-electron chi connectivity index (χ2n) is 6.98. The van der Waals surface area contributed by atoms with Crippen molar-refractivity contribution in [2.45, 2.75) is 19.4 Å². The van der Waals surface area contributed by atoms with Crippen molar-refractivity contribution in [3.8, 4) is 22.5 Å². The van der Waals surface area contributed by atoms with Crippen LogP contribution in [0.4, 0.5) is 17.6 Å². The monoisotopic (exact) mass is 402 g/mol. The maximum absolute atomic E-state index is 14.7. The van der Waals surface area contributed by atoms with Gasteiger partial charge in [-0.25, -0.2) is 27.5 Å². The molecule has 0 aliphatic heterocycles. The molecule has 0 saturated heterocycles. The minimum atomic E-state index is -1.51. The summed E-state index contributed by atoms with van der Waals surface area (Å²) in [5.74, 6) is -3.44. The lowest BCUT2D eigenvalue weighted by atomic mass is 10.0. The molecular formula is C20H14F4N4O. The predicted octanol–water partition coefficient (Wildman–Crippen LogP) is 4.24. The molecule has 148 valence electrons. The minimum Gasteiger partial charge on any atom is -0.384 e. The molecule has 0 aliphatic carbocycles. The fourth-order valence-corrected chi connectivity index (χ4v) is 3.04. The Balaban J connectivity index is 1.88. The number of nitrogens with zero attached hydrogens (tertiary/aromatic N) is 4. The van der Waals surface area contributed by atoms with E-state index in [2.05, 4.69) is 15.0 Å². The molecule has 9 heteroatoms. The van der Waals surface area contributed by atoms with Crippen LogP contribution in [0, 0.1) is 23.3 Å². The normalized spacial score (nSPS) is 12.0. The van der Waals surface area contributed by atoms with Crippen molar-refractivity contribution in [3.63, 3.8) is 0 Å². The molecule has 0 amide bonds. The van der Waals surface area contributed by atoms with Gasteiger partial charge in [-0.05, 0) is 32.0 Å². The van der Waals surface area contributed by atoms with Crippen molar-refractivity contribution in [3.05, 3.63) is 71.9 Å². The number of benzene rings is 1. The molecule has 0 spiro atoms. The molecule has 3 aromatic heterocycles. The molecule has 0 fully saturated rings. The predicted molar refractivity (Wildman–Crippen MR) is 96.7 cm³/mol. The van der Waals surface area contributed by atoms with Crippen LogP contribution < -0.4 is 0 Å². The van der Waals surface area contributed by atoms with E-state index in [-0.39, 0.29) is 22.6 Å². The molecular weight excluding hydrogens is 388 g/mol. The van der Waals surface area contributed by atoms with E-state index in [9.17, 15) is 22.7 Å². The Labute approximate surface area is 162 Å². The molecule has 5 nitrogen and oxygen atoms in total. The Morgan fingerprint density at radius 3 is 2.38 bits per heavy atom. The fourth-order valence-electron chi connectivity index (χ4n) is 3.04. The summed E-state index contributed by atoms with van der Waals surface area (Å²) in [6, 6.07) is 4.43. The lowest BCUT2D eigenvalue weighted by molar-refractivity contribution is 0.0694. The number of aliphatic hydroxyl groups is 1. The smallest absolute Gasteiger partial charge is 0.190 e. The number of aromatic nitrogens is 4. The van der Waals surface area contributed by atoms with Crippen molar-refractivity contribution in [1.29, 1.82) is 0 Å². The van der Waals surface area contributed by atoms with Crippen molar-refractivity contribution in [1.82, 2.24) is 19.4 Å². The lowest BCUT2D eigenvalue weighted by Gasteiger charge is -2.17. The first kappa shape index (κ1) is 19.0. The number of hydrogen-bond donors (Lipinski definition) is 1. The number of pyridine rings is 1. The van der Waals surface area contributed by atoms with E-state index in [0.29, 0.717) is 17.3 Å². The van der Waals surface area contributed by atoms with Gasteiger partial charge in [0.2, 0.25) is 0 Å². The highest BCUT2D eigenvalue weighted by atomic mass is 19.1. The van der Waals surface area contributed by atoms with Gasteiger partial charge in [0, 0.05) is 17.2 Å². The molecule has 0 saturated carbocycles. The summed E-state index contributed by atoms with van der Waals surface area (Å²) in [6.45, 7) is 2.80. The molecule has 29 heavy (non-hydrogen) atoms. The Kier molecular flexibility index (Phi) is 4.34. The molecule has 4 aromatic rings. The number of imidazole rings is 1. The standard InChI is InChI=1S/C20H14F4N4O/c1-20(2,29)18-16(24)19-26-8-15(28(19)9-27-18)10-3-4-13(22)12(5-10)17-14(23)6-11(21)7-25-17/h3-9,29H,1-2H3. The van der Waals surface area contributed by atoms with Gasteiger partial charge in [-0.3, -0.25) is 9.38 Å². The summed E-state index contributed by atoms with van der Waals surface area (Å²) < 4.78 is 57.6. The van der Waals surface area contributed by atoms with Crippen LogP contribution in [0.25, 0.3) is 28.2 Å². The zero-order chi connectivity index (χ0) is 20.9. The second-order valence-corrected chi connectivity index (χ2v) is 6.98. The number of hydrogen-bond acceptors (Lipinski definition) is 4. The Bertz CT molecular complexity index is 1250. The van der Waals surface area contributed by atoms with Crippen molar-refractivity contribution >= 4 is 5.65 Å². The van der Waals surface area contributed by atoms with E-state index in [1.54, 1.807) is 0 Å². The molecule has 0 bridgehead atoms. The van der Waals surface area contributed by atoms with E-state index in [1.165, 1.54) is 42.9 Å². The Morgan fingerprint density at radius 1 is 0.931 bits per heavy atom. The summed E-state index contributed by atoms with van der Waals surface area (Å²) in [7, 11) is 0. The molecule has 3 heterocycles. The van der Waals surface area contributed by atoms with E-state index in [0.717, 1.165) is 12.3 Å². The van der Waals surface area contributed by atoms with Gasteiger partial charge >= 0.3 is 0 Å². The minimum absolute atomic E-state index is 0.0795. The average molecular weight is 402 g/mol. The number of rotatable bonds is 3. The number of fused-ring (bicyclic) bond motifs is 1. The topological polar surface area (TPSA) is 63.3 Å². The van der Waals surface area contributed by atoms with E-state index in [4.69, 9.17) is 0 Å². The van der Waals surface area contributed by atoms with Crippen molar-refractivity contribution in [2.75, 3.05) is 0 Å². The molecule has 0 unspecified atom stereocenters. The van der Waals surface area contributed by atoms with Crippen LogP contribution in [0.1, 0.15) is 19.5 Å². The van der Waals surface area contributed by atoms with Crippen LogP contribution in [0.5, 0.6) is 0 Å². The zero-order valence-electron chi connectivity index (χ0n) is 15.3. The molecule has 1 aromatic carbocycles. The molecule has 1 N–H and O–H groups in total. The molecule has 0 aliphatic rings. The third kappa shape index (κ3) is 3.23. The third-order valence-electron chi connectivity index (χ3n) is 4.41. The lowest BCUT2D eigenvalue weighted by Crippen LogP contribution is -2.20. The highest BCUT2D eigenvalue weighted by Gasteiger charge is 2.26. The first-order valence-corrected chi connectivity index (χ1v) is 8.52. The van der Waals surface area contributed by atoms with Gasteiger partial charge in [0.15, 0.2) is 17.3 Å². The van der Waals surface area contributed by atoms with Gasteiger partial charge in [0.05, 0.1) is 18.1 Å². The van der Waals surface area contributed by atoms with Gasteiger partial charge in [-0.15, -0.1) is 0 Å². The van der Waals surface area contributed by atoms with Crippen molar-refractivity contribution < 1.29 is 22.7 Å². The summed E-state index contributed by atoms with van der Waals surface area (Å²) in [5, 5.41) is 10.0. The molecule has 0 atom stereocenters. The zero-order valence-corrected chi connectivity index (χ0v) is 15.3. The van der Waals surface area contributed by atoms with Gasteiger partial charge in [0.1, 0.15) is 35.0 Å².